The Labute approximate surface area is 94.7 Å². The molecular formula is C10H10BClO3. The van der Waals surface area contributed by atoms with Crippen LogP contribution in [-0.2, 0) is 0 Å². The minimum Gasteiger partial charge on any atom is -0.496 e. The standard InChI is InChI=1S/C10H10BClO3/c1-14-9-4-10(15-2)7(12)3-6(9)8(13)5-11/h3-4H,5H2,1-2H3. The molecule has 5 heteroatoms. The Morgan fingerprint density at radius 1 is 1.33 bits per heavy atom. The molecule has 0 heterocycles. The van der Waals surface area contributed by atoms with Crippen LogP contribution in [0.15, 0.2) is 12.1 Å². The lowest BCUT2D eigenvalue weighted by Gasteiger charge is -2.10. The van der Waals surface area contributed by atoms with Gasteiger partial charge in [-0.3, -0.25) is 4.79 Å². The van der Waals surface area contributed by atoms with Crippen molar-refractivity contribution in [3.8, 4) is 11.5 Å². The minimum absolute atomic E-state index is 0.0843. The molecule has 0 aliphatic carbocycles. The molecule has 78 valence electrons. The number of ether oxygens (including phenoxy) is 2. The number of methoxy groups -OCH3 is 2. The van der Waals surface area contributed by atoms with Crippen LogP contribution in [0.5, 0.6) is 11.5 Å². The molecule has 0 aliphatic rings. The van der Waals surface area contributed by atoms with Crippen LogP contribution in [0.3, 0.4) is 0 Å². The number of benzene rings is 1. The summed E-state index contributed by atoms with van der Waals surface area (Å²) < 4.78 is 10.1. The Kier molecular flexibility index (Phi) is 4.03. The van der Waals surface area contributed by atoms with Crippen molar-refractivity contribution >= 4 is 25.2 Å². The van der Waals surface area contributed by atoms with E-state index in [4.69, 9.17) is 28.9 Å². The van der Waals surface area contributed by atoms with Gasteiger partial charge in [-0.25, -0.2) is 0 Å². The van der Waals surface area contributed by atoms with Gasteiger partial charge >= 0.3 is 0 Å². The predicted octanol–water partition coefficient (Wildman–Crippen LogP) is 2.13. The van der Waals surface area contributed by atoms with Gasteiger partial charge in [0.15, 0.2) is 5.78 Å². The van der Waals surface area contributed by atoms with Gasteiger partial charge in [0.25, 0.3) is 0 Å². The molecule has 0 bridgehead atoms. The van der Waals surface area contributed by atoms with Crippen molar-refractivity contribution in [2.45, 2.75) is 6.32 Å². The molecule has 0 aromatic heterocycles. The second-order valence-electron chi connectivity index (χ2n) is 2.81. The van der Waals surface area contributed by atoms with E-state index in [-0.39, 0.29) is 12.1 Å². The van der Waals surface area contributed by atoms with Gasteiger partial charge < -0.3 is 9.47 Å². The molecule has 1 rings (SSSR count). The third-order valence-electron chi connectivity index (χ3n) is 1.96. The van der Waals surface area contributed by atoms with Crippen LogP contribution in [0.4, 0.5) is 0 Å². The number of carbonyl (C=O) groups is 1. The molecule has 2 radical (unpaired) electrons. The van der Waals surface area contributed by atoms with E-state index >= 15 is 0 Å². The molecule has 0 aliphatic heterocycles. The lowest BCUT2D eigenvalue weighted by molar-refractivity contribution is 0.101. The molecule has 15 heavy (non-hydrogen) atoms. The van der Waals surface area contributed by atoms with Crippen LogP contribution in [0.2, 0.25) is 11.3 Å². The first kappa shape index (κ1) is 11.9. The highest BCUT2D eigenvalue weighted by molar-refractivity contribution is 6.33. The average Bonchev–Trinajstić information content (AvgIpc) is 2.27. The molecular weight excluding hydrogens is 214 g/mol. The summed E-state index contributed by atoms with van der Waals surface area (Å²) in [4.78, 5) is 11.4. The zero-order valence-electron chi connectivity index (χ0n) is 8.54. The van der Waals surface area contributed by atoms with Crippen molar-refractivity contribution < 1.29 is 14.3 Å². The fourth-order valence-corrected chi connectivity index (χ4v) is 1.43. The molecule has 0 unspecified atom stereocenters. The maximum absolute atomic E-state index is 11.4. The number of hydrogen-bond acceptors (Lipinski definition) is 3. The summed E-state index contributed by atoms with van der Waals surface area (Å²) in [6.45, 7) is 0. The number of carbonyl (C=O) groups excluding carboxylic acids is 1. The fourth-order valence-electron chi connectivity index (χ4n) is 1.19. The summed E-state index contributed by atoms with van der Waals surface area (Å²) >= 11 is 5.89. The summed E-state index contributed by atoms with van der Waals surface area (Å²) in [6.07, 6.45) is -0.0843. The Bertz CT molecular complexity index is 379. The molecule has 1 aromatic rings. The quantitative estimate of drug-likeness (QED) is 0.580. The summed E-state index contributed by atoms with van der Waals surface area (Å²) in [5.41, 5.74) is 0.366. The second kappa shape index (κ2) is 5.07. The first-order valence-electron chi connectivity index (χ1n) is 4.28. The number of halogens is 1. The van der Waals surface area contributed by atoms with Crippen LogP contribution in [0, 0.1) is 0 Å². The van der Waals surface area contributed by atoms with E-state index in [0.29, 0.717) is 22.1 Å². The lowest BCUT2D eigenvalue weighted by atomic mass is 9.95. The van der Waals surface area contributed by atoms with Crippen molar-refractivity contribution in [2.75, 3.05) is 14.2 Å². The molecule has 0 spiro atoms. The highest BCUT2D eigenvalue weighted by Crippen LogP contribution is 2.32. The highest BCUT2D eigenvalue weighted by Gasteiger charge is 2.14. The molecule has 0 amide bonds. The van der Waals surface area contributed by atoms with Gasteiger partial charge in [-0.1, -0.05) is 11.6 Å². The SMILES string of the molecule is [B]CC(=O)c1cc(Cl)c(OC)cc1OC. The third kappa shape index (κ3) is 2.45. The number of hydrogen-bond donors (Lipinski definition) is 0. The van der Waals surface area contributed by atoms with Crippen LogP contribution >= 0.6 is 11.6 Å². The lowest BCUT2D eigenvalue weighted by Crippen LogP contribution is -2.02. The van der Waals surface area contributed by atoms with Crippen LogP contribution in [-0.4, -0.2) is 27.8 Å². The Balaban J connectivity index is 3.27. The van der Waals surface area contributed by atoms with E-state index in [1.165, 1.54) is 20.3 Å². The van der Waals surface area contributed by atoms with Crippen molar-refractivity contribution in [3.63, 3.8) is 0 Å². The Morgan fingerprint density at radius 3 is 2.40 bits per heavy atom. The van der Waals surface area contributed by atoms with E-state index in [2.05, 4.69) is 0 Å². The van der Waals surface area contributed by atoms with Gasteiger partial charge in [-0.15, -0.1) is 0 Å². The van der Waals surface area contributed by atoms with E-state index in [0.717, 1.165) is 0 Å². The zero-order chi connectivity index (χ0) is 11.4. The first-order valence-corrected chi connectivity index (χ1v) is 4.66. The molecule has 0 saturated carbocycles. The maximum Gasteiger partial charge on any atom is 0.158 e. The topological polar surface area (TPSA) is 35.5 Å². The summed E-state index contributed by atoms with van der Waals surface area (Å²) in [5.74, 6) is 0.644. The minimum atomic E-state index is -0.226. The number of ketones is 1. The van der Waals surface area contributed by atoms with Gasteiger partial charge in [0, 0.05) is 6.07 Å². The van der Waals surface area contributed by atoms with Crippen molar-refractivity contribution in [1.82, 2.24) is 0 Å². The van der Waals surface area contributed by atoms with Gasteiger partial charge in [0.05, 0.1) is 32.7 Å². The first-order chi connectivity index (χ1) is 7.13. The Hall–Kier alpha value is -1.16. The number of Topliss-reactive ketones (excluding diaryl/α,β-unsaturated/α-hetero) is 1. The second-order valence-corrected chi connectivity index (χ2v) is 3.22. The predicted molar refractivity (Wildman–Crippen MR) is 59.4 cm³/mol. The monoisotopic (exact) mass is 224 g/mol. The van der Waals surface area contributed by atoms with Crippen molar-refractivity contribution in [1.29, 1.82) is 0 Å². The molecule has 0 atom stereocenters. The average molecular weight is 224 g/mol. The normalized spacial score (nSPS) is 9.80. The van der Waals surface area contributed by atoms with Crippen LogP contribution in [0.25, 0.3) is 0 Å². The summed E-state index contributed by atoms with van der Waals surface area (Å²) in [6, 6.07) is 3.06. The zero-order valence-corrected chi connectivity index (χ0v) is 9.30. The molecule has 3 nitrogen and oxygen atoms in total. The Morgan fingerprint density at radius 2 is 1.93 bits per heavy atom. The van der Waals surface area contributed by atoms with Crippen LogP contribution in [0.1, 0.15) is 10.4 Å². The van der Waals surface area contributed by atoms with E-state index < -0.39 is 0 Å². The van der Waals surface area contributed by atoms with E-state index in [9.17, 15) is 4.79 Å². The van der Waals surface area contributed by atoms with Crippen molar-refractivity contribution in [2.24, 2.45) is 0 Å². The summed E-state index contributed by atoms with van der Waals surface area (Å²) in [7, 11) is 8.23. The fraction of sp³-hybridized carbons (Fsp3) is 0.300. The molecule has 0 N–H and O–H groups in total. The molecule has 0 fully saturated rings. The summed E-state index contributed by atoms with van der Waals surface area (Å²) in [5, 5.41) is 0.357. The number of rotatable bonds is 4. The largest absolute Gasteiger partial charge is 0.496 e. The van der Waals surface area contributed by atoms with Crippen LogP contribution < -0.4 is 9.47 Å². The van der Waals surface area contributed by atoms with E-state index in [1.54, 1.807) is 6.07 Å². The maximum atomic E-state index is 11.4. The van der Waals surface area contributed by atoms with Gasteiger partial charge in [-0.2, -0.15) is 0 Å². The molecule has 1 aromatic carbocycles. The van der Waals surface area contributed by atoms with Gasteiger partial charge in [0.1, 0.15) is 11.5 Å². The van der Waals surface area contributed by atoms with Crippen molar-refractivity contribution in [3.05, 3.63) is 22.7 Å². The smallest absolute Gasteiger partial charge is 0.158 e. The highest BCUT2D eigenvalue weighted by atomic mass is 35.5. The third-order valence-corrected chi connectivity index (χ3v) is 2.26. The molecule has 0 saturated heterocycles. The van der Waals surface area contributed by atoms with E-state index in [1.807, 2.05) is 0 Å². The van der Waals surface area contributed by atoms with Gasteiger partial charge in [0.2, 0.25) is 0 Å². The van der Waals surface area contributed by atoms with Gasteiger partial charge in [-0.05, 0) is 12.4 Å².